The van der Waals surface area contributed by atoms with Crippen LogP contribution in [0, 0.1) is 23.1 Å². The molecule has 168 valence electrons. The molecule has 2 aliphatic rings. The number of anilines is 3. The van der Waals surface area contributed by atoms with Crippen molar-refractivity contribution in [3.05, 3.63) is 41.3 Å². The SMILES string of the molecule is CCCc1cc(N2CC[C@H](NCC3CC3)C2)nc(Nc2ccc(F)c(C#N)c2)n1.Cl.Cl. The number of benzene rings is 1. The Morgan fingerprint density at radius 1 is 1.19 bits per heavy atom. The summed E-state index contributed by atoms with van der Waals surface area (Å²) >= 11 is 0. The summed E-state index contributed by atoms with van der Waals surface area (Å²) in [5.41, 5.74) is 1.59. The summed E-state index contributed by atoms with van der Waals surface area (Å²) in [4.78, 5) is 11.6. The Kier molecular flexibility index (Phi) is 9.30. The molecule has 0 radical (unpaired) electrons. The van der Waals surface area contributed by atoms with Gasteiger partial charge >= 0.3 is 0 Å². The van der Waals surface area contributed by atoms with Crippen LogP contribution in [-0.4, -0.2) is 35.6 Å². The lowest BCUT2D eigenvalue weighted by Crippen LogP contribution is -2.34. The second-order valence-electron chi connectivity index (χ2n) is 8.01. The highest BCUT2D eigenvalue weighted by Crippen LogP contribution is 2.28. The van der Waals surface area contributed by atoms with E-state index in [4.69, 9.17) is 10.2 Å². The Labute approximate surface area is 195 Å². The highest BCUT2D eigenvalue weighted by molar-refractivity contribution is 5.85. The predicted molar refractivity (Wildman–Crippen MR) is 126 cm³/mol. The van der Waals surface area contributed by atoms with Crippen LogP contribution in [0.4, 0.5) is 21.8 Å². The van der Waals surface area contributed by atoms with Crippen molar-refractivity contribution in [3.63, 3.8) is 0 Å². The summed E-state index contributed by atoms with van der Waals surface area (Å²) in [6, 6.07) is 8.81. The third-order valence-corrected chi connectivity index (χ3v) is 5.52. The Morgan fingerprint density at radius 2 is 2.00 bits per heavy atom. The van der Waals surface area contributed by atoms with E-state index in [-0.39, 0.29) is 30.4 Å². The van der Waals surface area contributed by atoms with Gasteiger partial charge in [-0.3, -0.25) is 0 Å². The Hall–Kier alpha value is -2.14. The molecule has 1 aliphatic carbocycles. The molecule has 9 heteroatoms. The number of nitrogens with zero attached hydrogens (tertiary/aromatic N) is 4. The molecule has 1 aromatic heterocycles. The van der Waals surface area contributed by atoms with Gasteiger partial charge in [0.2, 0.25) is 5.95 Å². The lowest BCUT2D eigenvalue weighted by atomic mass is 10.2. The van der Waals surface area contributed by atoms with Gasteiger partial charge in [-0.05, 0) is 56.3 Å². The molecule has 0 unspecified atom stereocenters. The van der Waals surface area contributed by atoms with E-state index in [0.29, 0.717) is 17.7 Å². The van der Waals surface area contributed by atoms with Crippen molar-refractivity contribution < 1.29 is 4.39 Å². The lowest BCUT2D eigenvalue weighted by Gasteiger charge is -2.20. The number of nitriles is 1. The lowest BCUT2D eigenvalue weighted by molar-refractivity contribution is 0.530. The zero-order valence-corrected chi connectivity index (χ0v) is 19.2. The first kappa shape index (κ1) is 25.1. The Morgan fingerprint density at radius 3 is 2.71 bits per heavy atom. The number of hydrogen-bond donors (Lipinski definition) is 2. The van der Waals surface area contributed by atoms with E-state index < -0.39 is 5.82 Å². The summed E-state index contributed by atoms with van der Waals surface area (Å²) in [5, 5.41) is 15.9. The summed E-state index contributed by atoms with van der Waals surface area (Å²) in [7, 11) is 0. The van der Waals surface area contributed by atoms with E-state index in [2.05, 4.69) is 33.5 Å². The molecule has 31 heavy (non-hydrogen) atoms. The quantitative estimate of drug-likeness (QED) is 0.591. The molecule has 2 N–H and O–H groups in total. The van der Waals surface area contributed by atoms with Crippen LogP contribution in [-0.2, 0) is 6.42 Å². The van der Waals surface area contributed by atoms with Gasteiger partial charge in [0.1, 0.15) is 17.7 Å². The monoisotopic (exact) mass is 466 g/mol. The molecule has 0 bridgehead atoms. The fourth-order valence-electron chi connectivity index (χ4n) is 3.69. The van der Waals surface area contributed by atoms with Gasteiger partial charge in [-0.25, -0.2) is 9.37 Å². The molecule has 2 aromatic rings. The first-order chi connectivity index (χ1) is 14.1. The second-order valence-corrected chi connectivity index (χ2v) is 8.01. The van der Waals surface area contributed by atoms with Crippen LogP contribution in [0.3, 0.4) is 0 Å². The number of aryl methyl sites for hydroxylation is 1. The van der Waals surface area contributed by atoms with Crippen molar-refractivity contribution in [2.45, 2.75) is 45.1 Å². The summed E-state index contributed by atoms with van der Waals surface area (Å²) in [5.74, 6) is 1.75. The third kappa shape index (κ3) is 6.67. The Balaban J connectivity index is 0.00000171. The maximum Gasteiger partial charge on any atom is 0.229 e. The smallest absolute Gasteiger partial charge is 0.229 e. The molecule has 4 rings (SSSR count). The van der Waals surface area contributed by atoms with Crippen LogP contribution < -0.4 is 15.5 Å². The minimum absolute atomic E-state index is 0. The highest BCUT2D eigenvalue weighted by Gasteiger charge is 2.27. The highest BCUT2D eigenvalue weighted by atomic mass is 35.5. The molecular weight excluding hydrogens is 438 g/mol. The van der Waals surface area contributed by atoms with Gasteiger partial charge in [0.25, 0.3) is 0 Å². The molecule has 0 amide bonds. The van der Waals surface area contributed by atoms with Gasteiger partial charge in [-0.15, -0.1) is 24.8 Å². The molecule has 0 spiro atoms. The largest absolute Gasteiger partial charge is 0.355 e. The normalized spacial score (nSPS) is 17.5. The van der Waals surface area contributed by atoms with Gasteiger partial charge in [0.05, 0.1) is 5.56 Å². The molecule has 2 heterocycles. The molecule has 6 nitrogen and oxygen atoms in total. The summed E-state index contributed by atoms with van der Waals surface area (Å²) in [6.45, 7) is 5.17. The van der Waals surface area contributed by atoms with Crippen molar-refractivity contribution >= 4 is 42.3 Å². The van der Waals surface area contributed by atoms with Crippen molar-refractivity contribution in [3.8, 4) is 6.07 Å². The predicted octanol–water partition coefficient (Wildman–Crippen LogP) is 4.61. The summed E-state index contributed by atoms with van der Waals surface area (Å²) in [6.07, 6.45) is 5.71. The van der Waals surface area contributed by atoms with E-state index in [1.54, 1.807) is 6.07 Å². The topological polar surface area (TPSA) is 76.9 Å². The van der Waals surface area contributed by atoms with Crippen molar-refractivity contribution in [1.29, 1.82) is 5.26 Å². The second kappa shape index (κ2) is 11.5. The molecule has 1 saturated heterocycles. The van der Waals surface area contributed by atoms with Gasteiger partial charge in [-0.2, -0.15) is 10.2 Å². The molecule has 2 fully saturated rings. The maximum absolute atomic E-state index is 13.6. The van der Waals surface area contributed by atoms with Gasteiger partial charge in [0.15, 0.2) is 0 Å². The Bertz CT molecular complexity index is 915. The maximum atomic E-state index is 13.6. The van der Waals surface area contributed by atoms with Crippen molar-refractivity contribution in [1.82, 2.24) is 15.3 Å². The van der Waals surface area contributed by atoms with E-state index in [1.165, 1.54) is 25.0 Å². The first-order valence-corrected chi connectivity index (χ1v) is 10.5. The third-order valence-electron chi connectivity index (χ3n) is 5.52. The minimum atomic E-state index is -0.527. The zero-order valence-electron chi connectivity index (χ0n) is 17.6. The average Bonchev–Trinajstić information content (AvgIpc) is 3.43. The van der Waals surface area contributed by atoms with Crippen LogP contribution in [0.2, 0.25) is 0 Å². The van der Waals surface area contributed by atoms with Crippen molar-refractivity contribution in [2.75, 3.05) is 29.9 Å². The van der Waals surface area contributed by atoms with Gasteiger partial charge in [-0.1, -0.05) is 13.3 Å². The molecule has 1 aliphatic heterocycles. The van der Waals surface area contributed by atoms with Crippen LogP contribution in [0.15, 0.2) is 24.3 Å². The molecule has 1 saturated carbocycles. The number of hydrogen-bond acceptors (Lipinski definition) is 6. The minimum Gasteiger partial charge on any atom is -0.355 e. The molecule has 1 aromatic carbocycles. The number of rotatable bonds is 8. The van der Waals surface area contributed by atoms with E-state index >= 15 is 0 Å². The summed E-state index contributed by atoms with van der Waals surface area (Å²) < 4.78 is 13.6. The average molecular weight is 467 g/mol. The fourth-order valence-corrected chi connectivity index (χ4v) is 3.69. The zero-order chi connectivity index (χ0) is 20.2. The van der Waals surface area contributed by atoms with E-state index in [9.17, 15) is 4.39 Å². The van der Waals surface area contributed by atoms with Crippen molar-refractivity contribution in [2.24, 2.45) is 5.92 Å². The molecular formula is C22H29Cl2FN6. The number of halogens is 3. The number of aromatic nitrogens is 2. The first-order valence-electron chi connectivity index (χ1n) is 10.5. The van der Waals surface area contributed by atoms with Gasteiger partial charge in [0, 0.05) is 36.6 Å². The fraction of sp³-hybridized carbons (Fsp3) is 0.500. The van der Waals surface area contributed by atoms with E-state index in [0.717, 1.165) is 56.3 Å². The van der Waals surface area contributed by atoms with Gasteiger partial charge < -0.3 is 15.5 Å². The van der Waals surface area contributed by atoms with Crippen LogP contribution in [0.5, 0.6) is 0 Å². The van der Waals surface area contributed by atoms with Crippen LogP contribution in [0.1, 0.15) is 43.9 Å². The standard InChI is InChI=1S/C22H27FN6.2ClH/c1-2-3-17-11-21(29-9-8-19(14-29)25-13-15-4-5-15)28-22(26-17)27-18-6-7-20(23)16(10-18)12-24;;/h6-7,10-11,15,19,25H,2-5,8-9,13-14H2,1H3,(H,26,27,28);2*1H/t19-;;/m0../s1. The van der Waals surface area contributed by atoms with Crippen LogP contribution in [0.25, 0.3) is 0 Å². The molecule has 1 atom stereocenters. The van der Waals surface area contributed by atoms with E-state index in [1.807, 2.05) is 6.07 Å². The number of nitrogens with one attached hydrogen (secondary N) is 2. The van der Waals surface area contributed by atoms with Crippen LogP contribution >= 0.6 is 24.8 Å².